The third kappa shape index (κ3) is 3.22. The van der Waals surface area contributed by atoms with Crippen molar-refractivity contribution in [1.29, 1.82) is 0 Å². The van der Waals surface area contributed by atoms with Crippen LogP contribution in [-0.4, -0.2) is 24.7 Å². The zero-order chi connectivity index (χ0) is 14.9. The Hall–Kier alpha value is -0.710. The number of nitrogens with one attached hydrogen (secondary N) is 2. The lowest BCUT2D eigenvalue weighted by molar-refractivity contribution is -0.132. The van der Waals surface area contributed by atoms with Crippen molar-refractivity contribution in [2.24, 2.45) is 5.41 Å². The van der Waals surface area contributed by atoms with Crippen LogP contribution >= 0.6 is 23.4 Å². The van der Waals surface area contributed by atoms with E-state index in [2.05, 4.69) is 23.6 Å². The molecular weight excluding hydrogens is 304 g/mol. The number of thioether (sulfide) groups is 1. The number of piperidine rings is 1. The van der Waals surface area contributed by atoms with Gasteiger partial charge >= 0.3 is 0 Å². The third-order valence-corrected chi connectivity index (χ3v) is 5.93. The van der Waals surface area contributed by atoms with Crippen molar-refractivity contribution in [3.8, 4) is 0 Å². The number of carbonyl (C=O) groups is 1. The Morgan fingerprint density at radius 1 is 1.43 bits per heavy atom. The van der Waals surface area contributed by atoms with Crippen LogP contribution in [0.1, 0.15) is 37.8 Å². The minimum absolute atomic E-state index is 0.0964. The monoisotopic (exact) mass is 324 g/mol. The lowest BCUT2D eigenvalue weighted by Gasteiger charge is -2.35. The van der Waals surface area contributed by atoms with E-state index >= 15 is 0 Å². The first-order valence-electron chi connectivity index (χ1n) is 7.52. The number of halogens is 1. The normalized spacial score (nSPS) is 24.2. The summed E-state index contributed by atoms with van der Waals surface area (Å²) in [6.07, 6.45) is 2.78. The van der Waals surface area contributed by atoms with Gasteiger partial charge in [-0.1, -0.05) is 18.5 Å². The number of hydrogen-bond acceptors (Lipinski definition) is 3. The molecule has 5 heteroatoms. The summed E-state index contributed by atoms with van der Waals surface area (Å²) in [5.74, 6) is 1.23. The van der Waals surface area contributed by atoms with Crippen LogP contribution in [0.3, 0.4) is 0 Å². The highest BCUT2D eigenvalue weighted by molar-refractivity contribution is 7.99. The molecule has 1 saturated heterocycles. The molecule has 0 spiro atoms. The van der Waals surface area contributed by atoms with E-state index < -0.39 is 0 Å². The topological polar surface area (TPSA) is 41.1 Å². The molecule has 1 amide bonds. The number of amides is 1. The standard InChI is InChI=1S/C16H21ClN2OS/c1-16(5-7-18-8-6-16)15(20)19-13-4-9-21-14-3-2-11(17)10-12(13)14/h2-3,10,13,18H,4-9H2,1H3,(H,19,20). The smallest absolute Gasteiger partial charge is 0.226 e. The fourth-order valence-corrected chi connectivity index (χ4v) is 4.34. The fourth-order valence-electron chi connectivity index (χ4n) is 3.05. The second-order valence-corrected chi connectivity index (χ2v) is 7.73. The van der Waals surface area contributed by atoms with Crippen LogP contribution in [0.4, 0.5) is 0 Å². The summed E-state index contributed by atoms with van der Waals surface area (Å²) in [7, 11) is 0. The Morgan fingerprint density at radius 3 is 2.95 bits per heavy atom. The molecule has 2 N–H and O–H groups in total. The summed E-state index contributed by atoms with van der Waals surface area (Å²) in [5.41, 5.74) is 0.929. The summed E-state index contributed by atoms with van der Waals surface area (Å²) < 4.78 is 0. The van der Waals surface area contributed by atoms with Crippen LogP contribution < -0.4 is 10.6 Å². The molecule has 2 aliphatic rings. The SMILES string of the molecule is CC1(C(=O)NC2CCSc3ccc(Cl)cc32)CCNCC1. The Kier molecular flexibility index (Phi) is 4.48. The van der Waals surface area contributed by atoms with Crippen molar-refractivity contribution < 1.29 is 4.79 Å². The maximum absolute atomic E-state index is 12.7. The maximum Gasteiger partial charge on any atom is 0.226 e. The molecule has 3 nitrogen and oxygen atoms in total. The molecule has 1 fully saturated rings. The molecule has 0 aromatic heterocycles. The average molecular weight is 325 g/mol. The molecule has 114 valence electrons. The Balaban J connectivity index is 1.77. The van der Waals surface area contributed by atoms with Crippen LogP contribution in [0, 0.1) is 5.41 Å². The maximum atomic E-state index is 12.7. The van der Waals surface area contributed by atoms with Crippen LogP contribution in [0.5, 0.6) is 0 Å². The van der Waals surface area contributed by atoms with Gasteiger partial charge in [0.1, 0.15) is 0 Å². The quantitative estimate of drug-likeness (QED) is 0.876. The summed E-state index contributed by atoms with van der Waals surface area (Å²) >= 11 is 7.97. The number of fused-ring (bicyclic) bond motifs is 1. The van der Waals surface area contributed by atoms with Gasteiger partial charge in [0.15, 0.2) is 0 Å². The summed E-state index contributed by atoms with van der Waals surface area (Å²) in [5, 5.41) is 7.33. The fraction of sp³-hybridized carbons (Fsp3) is 0.562. The molecule has 0 bridgehead atoms. The summed E-state index contributed by atoms with van der Waals surface area (Å²) in [4.78, 5) is 13.9. The van der Waals surface area contributed by atoms with E-state index in [4.69, 9.17) is 11.6 Å². The lowest BCUT2D eigenvalue weighted by atomic mass is 9.80. The molecule has 21 heavy (non-hydrogen) atoms. The molecule has 0 saturated carbocycles. The first-order chi connectivity index (χ1) is 10.1. The molecule has 1 unspecified atom stereocenters. The number of benzene rings is 1. The zero-order valence-electron chi connectivity index (χ0n) is 12.2. The van der Waals surface area contributed by atoms with E-state index in [0.29, 0.717) is 0 Å². The average Bonchev–Trinajstić information content (AvgIpc) is 2.48. The first kappa shape index (κ1) is 15.2. The Morgan fingerprint density at radius 2 is 2.19 bits per heavy atom. The third-order valence-electron chi connectivity index (χ3n) is 4.57. The number of hydrogen-bond donors (Lipinski definition) is 2. The highest BCUT2D eigenvalue weighted by Crippen LogP contribution is 2.38. The molecule has 1 atom stereocenters. The van der Waals surface area contributed by atoms with Gasteiger partial charge in [-0.05, 0) is 56.1 Å². The number of carbonyl (C=O) groups excluding carboxylic acids is 1. The van der Waals surface area contributed by atoms with Crippen molar-refractivity contribution in [3.63, 3.8) is 0 Å². The van der Waals surface area contributed by atoms with Gasteiger partial charge in [-0.2, -0.15) is 0 Å². The minimum atomic E-state index is -0.241. The van der Waals surface area contributed by atoms with Crippen molar-refractivity contribution in [2.75, 3.05) is 18.8 Å². The predicted molar refractivity (Wildman–Crippen MR) is 87.9 cm³/mol. The van der Waals surface area contributed by atoms with E-state index in [1.807, 2.05) is 23.9 Å². The van der Waals surface area contributed by atoms with Gasteiger partial charge in [0.2, 0.25) is 5.91 Å². The molecule has 2 heterocycles. The van der Waals surface area contributed by atoms with Gasteiger partial charge in [0.05, 0.1) is 6.04 Å². The van der Waals surface area contributed by atoms with Gasteiger partial charge < -0.3 is 10.6 Å². The van der Waals surface area contributed by atoms with Crippen molar-refractivity contribution in [1.82, 2.24) is 10.6 Å². The van der Waals surface area contributed by atoms with Gasteiger partial charge in [0, 0.05) is 21.1 Å². The van der Waals surface area contributed by atoms with Crippen LogP contribution in [0.25, 0.3) is 0 Å². The van der Waals surface area contributed by atoms with Crippen molar-refractivity contribution >= 4 is 29.3 Å². The second-order valence-electron chi connectivity index (χ2n) is 6.16. The van der Waals surface area contributed by atoms with E-state index in [1.54, 1.807) is 0 Å². The van der Waals surface area contributed by atoms with Crippen molar-refractivity contribution in [2.45, 2.75) is 37.1 Å². The Bertz CT molecular complexity index is 543. The van der Waals surface area contributed by atoms with Gasteiger partial charge in [0.25, 0.3) is 0 Å². The molecule has 1 aromatic carbocycles. The van der Waals surface area contributed by atoms with Crippen LogP contribution in [0.15, 0.2) is 23.1 Å². The first-order valence-corrected chi connectivity index (χ1v) is 8.89. The van der Waals surface area contributed by atoms with E-state index in [-0.39, 0.29) is 17.4 Å². The molecule has 0 radical (unpaired) electrons. The van der Waals surface area contributed by atoms with Gasteiger partial charge in [-0.3, -0.25) is 4.79 Å². The van der Waals surface area contributed by atoms with E-state index in [1.165, 1.54) is 10.5 Å². The highest BCUT2D eigenvalue weighted by Gasteiger charge is 2.36. The predicted octanol–water partition coefficient (Wildman–Crippen LogP) is 3.38. The van der Waals surface area contributed by atoms with E-state index in [0.717, 1.165) is 43.1 Å². The van der Waals surface area contributed by atoms with E-state index in [9.17, 15) is 4.79 Å². The minimum Gasteiger partial charge on any atom is -0.349 e. The number of rotatable bonds is 2. The van der Waals surface area contributed by atoms with Crippen LogP contribution in [0.2, 0.25) is 5.02 Å². The molecule has 2 aliphatic heterocycles. The summed E-state index contributed by atoms with van der Waals surface area (Å²) in [6, 6.07) is 6.08. The van der Waals surface area contributed by atoms with Crippen LogP contribution in [-0.2, 0) is 4.79 Å². The highest BCUT2D eigenvalue weighted by atomic mass is 35.5. The molecule has 0 aliphatic carbocycles. The second kappa shape index (κ2) is 6.19. The lowest BCUT2D eigenvalue weighted by Crippen LogP contribution is -2.47. The van der Waals surface area contributed by atoms with Gasteiger partial charge in [-0.15, -0.1) is 11.8 Å². The Labute approximate surface area is 135 Å². The van der Waals surface area contributed by atoms with Gasteiger partial charge in [-0.25, -0.2) is 0 Å². The molecule has 1 aromatic rings. The molecular formula is C16H21ClN2OS. The molecule has 3 rings (SSSR count). The largest absolute Gasteiger partial charge is 0.349 e. The zero-order valence-corrected chi connectivity index (χ0v) is 13.8. The summed E-state index contributed by atoms with van der Waals surface area (Å²) in [6.45, 7) is 3.93. The van der Waals surface area contributed by atoms with Crippen molar-refractivity contribution in [3.05, 3.63) is 28.8 Å².